The Morgan fingerprint density at radius 1 is 1.39 bits per heavy atom. The Kier molecular flexibility index (Phi) is 3.26. The van der Waals surface area contributed by atoms with Gasteiger partial charge in [0.05, 0.1) is 4.92 Å². The molecule has 1 aromatic carbocycles. The van der Waals surface area contributed by atoms with Crippen molar-refractivity contribution in [3.8, 4) is 0 Å². The summed E-state index contributed by atoms with van der Waals surface area (Å²) in [6.07, 6.45) is 1.46. The molecule has 0 aromatic heterocycles. The van der Waals surface area contributed by atoms with Gasteiger partial charge in [0.25, 0.3) is 11.6 Å². The van der Waals surface area contributed by atoms with Crippen LogP contribution < -0.4 is 10.6 Å². The van der Waals surface area contributed by atoms with Gasteiger partial charge >= 0.3 is 0 Å². The molecule has 0 radical (unpaired) electrons. The quantitative estimate of drug-likeness (QED) is 0.373. The lowest BCUT2D eigenvalue weighted by Crippen LogP contribution is -2.21. The summed E-state index contributed by atoms with van der Waals surface area (Å²) in [5, 5.41) is 16.0. The second-order valence-corrected chi connectivity index (χ2v) is 4.25. The molecule has 1 aromatic rings. The van der Waals surface area contributed by atoms with Crippen LogP contribution in [0.4, 0.5) is 5.69 Å². The van der Waals surface area contributed by atoms with Crippen LogP contribution in [-0.4, -0.2) is 15.9 Å². The number of nitro groups is 1. The molecule has 18 heavy (non-hydrogen) atoms. The number of thiocarbonyl (C=S) groups is 1. The Hall–Kier alpha value is -1.99. The Bertz CT molecular complexity index is 600. The summed E-state index contributed by atoms with van der Waals surface area (Å²) >= 11 is 10.4. The first-order valence-electron chi connectivity index (χ1n) is 4.75. The van der Waals surface area contributed by atoms with E-state index < -0.39 is 4.92 Å². The van der Waals surface area contributed by atoms with Crippen LogP contribution in [0.3, 0.4) is 0 Å². The Balaban J connectivity index is 2.38. The zero-order valence-electron chi connectivity index (χ0n) is 8.77. The summed E-state index contributed by atoms with van der Waals surface area (Å²) in [4.78, 5) is 21.5. The largest absolute Gasteiger partial charge is 0.328 e. The summed E-state index contributed by atoms with van der Waals surface area (Å²) < 4.78 is 0. The topological polar surface area (TPSA) is 84.3 Å². The van der Waals surface area contributed by atoms with Crippen LogP contribution in [0, 0.1) is 10.1 Å². The van der Waals surface area contributed by atoms with Crippen LogP contribution in [-0.2, 0) is 4.79 Å². The fraction of sp³-hybridized carbons (Fsp3) is 0. The summed E-state index contributed by atoms with van der Waals surface area (Å²) in [5.74, 6) is -0.377. The molecule has 0 saturated carbocycles. The van der Waals surface area contributed by atoms with Crippen molar-refractivity contribution in [2.24, 2.45) is 0 Å². The Morgan fingerprint density at radius 3 is 2.67 bits per heavy atom. The van der Waals surface area contributed by atoms with E-state index in [1.807, 2.05) is 0 Å². The van der Waals surface area contributed by atoms with Crippen LogP contribution in [0.5, 0.6) is 0 Å². The second-order valence-electron chi connectivity index (χ2n) is 3.43. The van der Waals surface area contributed by atoms with Crippen molar-refractivity contribution in [3.05, 3.63) is 44.6 Å². The number of hydrogen-bond donors (Lipinski definition) is 2. The van der Waals surface area contributed by atoms with Gasteiger partial charge in [-0.1, -0.05) is 17.7 Å². The van der Waals surface area contributed by atoms with Crippen molar-refractivity contribution in [1.29, 1.82) is 0 Å². The molecule has 8 heteroatoms. The van der Waals surface area contributed by atoms with E-state index in [-0.39, 0.29) is 27.4 Å². The lowest BCUT2D eigenvalue weighted by molar-refractivity contribution is -0.384. The normalized spacial score (nSPS) is 16.6. The third kappa shape index (κ3) is 2.47. The molecule has 0 bridgehead atoms. The van der Waals surface area contributed by atoms with Gasteiger partial charge in [-0.15, -0.1) is 0 Å². The average molecular weight is 284 g/mol. The van der Waals surface area contributed by atoms with E-state index in [2.05, 4.69) is 10.6 Å². The van der Waals surface area contributed by atoms with E-state index in [0.717, 1.165) is 0 Å². The van der Waals surface area contributed by atoms with Crippen LogP contribution >= 0.6 is 23.8 Å². The van der Waals surface area contributed by atoms with Crippen molar-refractivity contribution in [2.45, 2.75) is 0 Å². The number of nitrogens with zero attached hydrogens (tertiary/aromatic N) is 1. The molecule has 1 aliphatic rings. The molecule has 1 aliphatic heterocycles. The molecule has 2 N–H and O–H groups in total. The van der Waals surface area contributed by atoms with E-state index in [4.69, 9.17) is 23.8 Å². The van der Waals surface area contributed by atoms with Crippen molar-refractivity contribution in [3.63, 3.8) is 0 Å². The number of amides is 1. The predicted molar refractivity (Wildman–Crippen MR) is 70.0 cm³/mol. The van der Waals surface area contributed by atoms with Crippen LogP contribution in [0.15, 0.2) is 23.9 Å². The van der Waals surface area contributed by atoms with Gasteiger partial charge in [0.2, 0.25) is 0 Å². The highest BCUT2D eigenvalue weighted by Crippen LogP contribution is 2.26. The monoisotopic (exact) mass is 283 g/mol. The molecule has 2 rings (SSSR count). The minimum Gasteiger partial charge on any atom is -0.328 e. The van der Waals surface area contributed by atoms with Gasteiger partial charge in [-0.25, -0.2) is 0 Å². The number of carbonyl (C=O) groups is 1. The third-order valence-electron chi connectivity index (χ3n) is 2.20. The van der Waals surface area contributed by atoms with E-state index in [9.17, 15) is 14.9 Å². The van der Waals surface area contributed by atoms with Gasteiger partial charge in [-0.05, 0) is 29.9 Å². The first kappa shape index (κ1) is 12.5. The predicted octanol–water partition coefficient (Wildman–Crippen LogP) is 1.59. The zero-order chi connectivity index (χ0) is 13.3. The molecule has 0 aliphatic carbocycles. The molecular formula is C10H6ClN3O3S. The molecule has 1 saturated heterocycles. The summed E-state index contributed by atoms with van der Waals surface area (Å²) in [6, 6.07) is 4.25. The van der Waals surface area contributed by atoms with E-state index in [1.54, 1.807) is 6.07 Å². The van der Waals surface area contributed by atoms with Crippen LogP contribution in [0.1, 0.15) is 5.56 Å². The van der Waals surface area contributed by atoms with Crippen LogP contribution in [0.25, 0.3) is 6.08 Å². The lowest BCUT2D eigenvalue weighted by Gasteiger charge is -1.99. The van der Waals surface area contributed by atoms with Crippen molar-refractivity contribution < 1.29 is 9.72 Å². The zero-order valence-corrected chi connectivity index (χ0v) is 10.3. The molecular weight excluding hydrogens is 278 g/mol. The SMILES string of the molecule is O=C1NC(=S)N/C1=C\c1ccc(Cl)c([N+](=O)[O-])c1. The van der Waals surface area contributed by atoms with Gasteiger partial charge in [-0.3, -0.25) is 20.2 Å². The fourth-order valence-electron chi connectivity index (χ4n) is 1.41. The Labute approximate surface area is 112 Å². The molecule has 1 heterocycles. The summed E-state index contributed by atoms with van der Waals surface area (Å²) in [6.45, 7) is 0. The standard InChI is InChI=1S/C10H6ClN3O3S/c11-6-2-1-5(4-8(6)14(16)17)3-7-9(15)13-10(18)12-7/h1-4H,(H2,12,13,15,18)/b7-3-. The van der Waals surface area contributed by atoms with Gasteiger partial charge in [0, 0.05) is 6.07 Å². The number of nitro benzene ring substituents is 1. The third-order valence-corrected chi connectivity index (χ3v) is 2.72. The minimum absolute atomic E-state index is 0.0431. The smallest absolute Gasteiger partial charge is 0.288 e. The van der Waals surface area contributed by atoms with Gasteiger partial charge in [-0.2, -0.15) is 0 Å². The van der Waals surface area contributed by atoms with E-state index >= 15 is 0 Å². The van der Waals surface area contributed by atoms with Crippen molar-refractivity contribution in [1.82, 2.24) is 10.6 Å². The highest BCUT2D eigenvalue weighted by Gasteiger charge is 2.20. The van der Waals surface area contributed by atoms with E-state index in [1.165, 1.54) is 18.2 Å². The van der Waals surface area contributed by atoms with Crippen LogP contribution in [0.2, 0.25) is 5.02 Å². The van der Waals surface area contributed by atoms with Crippen molar-refractivity contribution >= 4 is 46.6 Å². The fourth-order valence-corrected chi connectivity index (χ4v) is 1.80. The van der Waals surface area contributed by atoms with Gasteiger partial charge in [0.1, 0.15) is 10.7 Å². The maximum Gasteiger partial charge on any atom is 0.288 e. The molecule has 0 spiro atoms. The number of benzene rings is 1. The first-order chi connectivity index (χ1) is 8.47. The highest BCUT2D eigenvalue weighted by molar-refractivity contribution is 7.80. The first-order valence-corrected chi connectivity index (χ1v) is 5.54. The average Bonchev–Trinajstić information content (AvgIpc) is 2.60. The molecule has 0 unspecified atom stereocenters. The second kappa shape index (κ2) is 4.71. The summed E-state index contributed by atoms with van der Waals surface area (Å²) in [5.41, 5.74) is 0.497. The molecule has 6 nitrogen and oxygen atoms in total. The lowest BCUT2D eigenvalue weighted by atomic mass is 10.1. The number of nitrogens with one attached hydrogen (secondary N) is 2. The number of rotatable bonds is 2. The number of halogens is 1. The number of carbonyl (C=O) groups excluding carboxylic acids is 1. The molecule has 92 valence electrons. The van der Waals surface area contributed by atoms with Gasteiger partial charge < -0.3 is 5.32 Å². The molecule has 1 fully saturated rings. The van der Waals surface area contributed by atoms with Crippen molar-refractivity contribution in [2.75, 3.05) is 0 Å². The highest BCUT2D eigenvalue weighted by atomic mass is 35.5. The summed E-state index contributed by atoms with van der Waals surface area (Å²) in [7, 11) is 0. The minimum atomic E-state index is -0.586. The number of hydrogen-bond acceptors (Lipinski definition) is 4. The van der Waals surface area contributed by atoms with Gasteiger partial charge in [0.15, 0.2) is 5.11 Å². The molecule has 1 amide bonds. The maximum absolute atomic E-state index is 11.4. The molecule has 0 atom stereocenters. The maximum atomic E-state index is 11.4. The van der Waals surface area contributed by atoms with E-state index in [0.29, 0.717) is 5.56 Å². The Morgan fingerprint density at radius 2 is 2.11 bits per heavy atom.